The summed E-state index contributed by atoms with van der Waals surface area (Å²) < 4.78 is 18.5. The molecule has 2 heterocycles. The average Bonchev–Trinajstić information content (AvgIpc) is 2.77. The molecule has 1 aliphatic heterocycles. The van der Waals surface area contributed by atoms with Gasteiger partial charge in [0.25, 0.3) is 0 Å². The maximum Gasteiger partial charge on any atom is 0.154 e. The van der Waals surface area contributed by atoms with Gasteiger partial charge >= 0.3 is 0 Å². The van der Waals surface area contributed by atoms with Crippen LogP contribution in [0.4, 0.5) is 10.2 Å². The van der Waals surface area contributed by atoms with Crippen molar-refractivity contribution in [3.05, 3.63) is 65.7 Å². The Bertz CT molecular complexity index is 968. The van der Waals surface area contributed by atoms with Gasteiger partial charge in [0.05, 0.1) is 18.7 Å². The van der Waals surface area contributed by atoms with Crippen molar-refractivity contribution in [1.82, 2.24) is 14.9 Å². The summed E-state index contributed by atoms with van der Waals surface area (Å²) in [7, 11) is 0. The van der Waals surface area contributed by atoms with Crippen LogP contribution in [0.25, 0.3) is 23.1 Å². The predicted molar refractivity (Wildman–Crippen MR) is 115 cm³/mol. The van der Waals surface area contributed by atoms with E-state index in [0.29, 0.717) is 5.82 Å². The number of para-hydroxylation sites is 1. The molecule has 0 atom stereocenters. The molecule has 4 rings (SSSR count). The van der Waals surface area contributed by atoms with Gasteiger partial charge in [-0.05, 0) is 48.9 Å². The Balaban J connectivity index is 1.46. The molecule has 0 bridgehead atoms. The monoisotopic (exact) mass is 392 g/mol. The maximum atomic E-state index is 13.1. The van der Waals surface area contributed by atoms with Gasteiger partial charge in [-0.25, -0.2) is 14.4 Å². The topological polar surface area (TPSA) is 50.3 Å². The van der Waals surface area contributed by atoms with Gasteiger partial charge in [-0.3, -0.25) is 4.90 Å². The van der Waals surface area contributed by atoms with E-state index in [4.69, 9.17) is 9.72 Å². The van der Waals surface area contributed by atoms with E-state index in [9.17, 15) is 4.39 Å². The minimum atomic E-state index is -0.243. The molecule has 0 amide bonds. The zero-order chi connectivity index (χ0) is 19.9. The highest BCUT2D eigenvalue weighted by molar-refractivity contribution is 5.90. The van der Waals surface area contributed by atoms with E-state index < -0.39 is 0 Å². The minimum absolute atomic E-state index is 0.243. The van der Waals surface area contributed by atoms with Gasteiger partial charge in [0.15, 0.2) is 5.82 Å². The molecule has 3 aromatic rings. The van der Waals surface area contributed by atoms with Crippen molar-refractivity contribution in [3.63, 3.8) is 0 Å². The second-order valence-corrected chi connectivity index (χ2v) is 7.07. The van der Waals surface area contributed by atoms with Gasteiger partial charge in [0, 0.05) is 25.0 Å². The average molecular weight is 392 g/mol. The zero-order valence-electron chi connectivity index (χ0n) is 16.4. The molecular formula is C23H25FN4O. The predicted octanol–water partition coefficient (Wildman–Crippen LogP) is 4.07. The minimum Gasteiger partial charge on any atom is -0.379 e. The highest BCUT2D eigenvalue weighted by Gasteiger charge is 2.10. The van der Waals surface area contributed by atoms with Gasteiger partial charge in [0.1, 0.15) is 11.6 Å². The summed E-state index contributed by atoms with van der Waals surface area (Å²) in [5.41, 5.74) is 1.81. The van der Waals surface area contributed by atoms with Crippen molar-refractivity contribution in [2.24, 2.45) is 0 Å². The Labute approximate surface area is 170 Å². The largest absolute Gasteiger partial charge is 0.379 e. The molecular weight excluding hydrogens is 367 g/mol. The molecule has 0 saturated carbocycles. The molecule has 1 aromatic heterocycles. The van der Waals surface area contributed by atoms with Crippen molar-refractivity contribution in [2.75, 3.05) is 44.7 Å². The number of hydrogen-bond acceptors (Lipinski definition) is 5. The molecule has 150 valence electrons. The fourth-order valence-electron chi connectivity index (χ4n) is 3.38. The Hall–Kier alpha value is -2.83. The Morgan fingerprint density at radius 2 is 1.79 bits per heavy atom. The van der Waals surface area contributed by atoms with Gasteiger partial charge < -0.3 is 10.1 Å². The Morgan fingerprint density at radius 1 is 1.00 bits per heavy atom. The summed E-state index contributed by atoms with van der Waals surface area (Å²) in [6.45, 7) is 5.57. The molecule has 1 fully saturated rings. The molecule has 5 nitrogen and oxygen atoms in total. The van der Waals surface area contributed by atoms with E-state index >= 15 is 0 Å². The van der Waals surface area contributed by atoms with Gasteiger partial charge in [-0.1, -0.05) is 30.3 Å². The van der Waals surface area contributed by atoms with Crippen LogP contribution in [0.3, 0.4) is 0 Å². The summed E-state index contributed by atoms with van der Waals surface area (Å²) in [4.78, 5) is 11.8. The third kappa shape index (κ3) is 5.37. The maximum absolute atomic E-state index is 13.1. The van der Waals surface area contributed by atoms with Crippen molar-refractivity contribution >= 4 is 28.9 Å². The molecule has 29 heavy (non-hydrogen) atoms. The number of benzene rings is 2. The molecule has 0 aliphatic carbocycles. The number of nitrogens with one attached hydrogen (secondary N) is 1. The van der Waals surface area contributed by atoms with Gasteiger partial charge in [-0.2, -0.15) is 0 Å². The number of morpholine rings is 1. The number of hydrogen-bond donors (Lipinski definition) is 1. The quantitative estimate of drug-likeness (QED) is 0.614. The Kier molecular flexibility index (Phi) is 6.44. The lowest BCUT2D eigenvalue weighted by molar-refractivity contribution is 0.0378. The molecule has 1 aliphatic rings. The number of aromatic nitrogens is 2. The first-order chi connectivity index (χ1) is 14.3. The van der Waals surface area contributed by atoms with E-state index in [1.165, 1.54) is 12.1 Å². The summed E-state index contributed by atoms with van der Waals surface area (Å²) >= 11 is 0. The van der Waals surface area contributed by atoms with Crippen LogP contribution in [0.1, 0.15) is 17.8 Å². The van der Waals surface area contributed by atoms with Crippen molar-refractivity contribution in [2.45, 2.75) is 6.42 Å². The Morgan fingerprint density at radius 3 is 2.62 bits per heavy atom. The van der Waals surface area contributed by atoms with E-state index in [1.807, 2.05) is 36.4 Å². The standard InChI is InChI=1S/C23H25FN4O/c24-19-9-6-18(7-10-19)8-11-22-26-21-5-2-1-4-20(21)23(27-22)25-12-3-13-28-14-16-29-17-15-28/h1-2,4-11H,3,12-17H2,(H,25,26,27). The van der Waals surface area contributed by atoms with Crippen LogP contribution in [-0.2, 0) is 4.74 Å². The van der Waals surface area contributed by atoms with Crippen LogP contribution in [0, 0.1) is 5.82 Å². The van der Waals surface area contributed by atoms with Crippen LogP contribution < -0.4 is 5.32 Å². The van der Waals surface area contributed by atoms with Gasteiger partial charge in [0.2, 0.25) is 0 Å². The van der Waals surface area contributed by atoms with Crippen LogP contribution in [-0.4, -0.2) is 54.3 Å². The SMILES string of the molecule is Fc1ccc(C=Cc2nc(NCCCN3CCOCC3)c3ccccc3n2)cc1. The second-order valence-electron chi connectivity index (χ2n) is 7.07. The molecule has 0 unspecified atom stereocenters. The normalized spacial score (nSPS) is 15.2. The fourth-order valence-corrected chi connectivity index (χ4v) is 3.38. The highest BCUT2D eigenvalue weighted by atomic mass is 19.1. The second kappa shape index (κ2) is 9.58. The third-order valence-corrected chi connectivity index (χ3v) is 4.96. The lowest BCUT2D eigenvalue weighted by Gasteiger charge is -2.26. The van der Waals surface area contributed by atoms with E-state index in [1.54, 1.807) is 12.1 Å². The van der Waals surface area contributed by atoms with Crippen LogP contribution in [0.5, 0.6) is 0 Å². The molecule has 0 radical (unpaired) electrons. The number of rotatable bonds is 7. The summed E-state index contributed by atoms with van der Waals surface area (Å²) in [6.07, 6.45) is 4.80. The first-order valence-corrected chi connectivity index (χ1v) is 10.0. The lowest BCUT2D eigenvalue weighted by atomic mass is 10.2. The van der Waals surface area contributed by atoms with Crippen molar-refractivity contribution in [1.29, 1.82) is 0 Å². The smallest absolute Gasteiger partial charge is 0.154 e. The van der Waals surface area contributed by atoms with Crippen LogP contribution in [0.15, 0.2) is 48.5 Å². The summed E-state index contributed by atoms with van der Waals surface area (Å²) in [5.74, 6) is 1.23. The zero-order valence-corrected chi connectivity index (χ0v) is 16.4. The summed E-state index contributed by atoms with van der Waals surface area (Å²) in [5, 5.41) is 4.49. The van der Waals surface area contributed by atoms with Crippen molar-refractivity contribution in [3.8, 4) is 0 Å². The molecule has 2 aromatic carbocycles. The highest BCUT2D eigenvalue weighted by Crippen LogP contribution is 2.21. The number of anilines is 1. The van der Waals surface area contributed by atoms with Gasteiger partial charge in [-0.15, -0.1) is 0 Å². The molecule has 0 spiro atoms. The third-order valence-electron chi connectivity index (χ3n) is 4.96. The van der Waals surface area contributed by atoms with Crippen LogP contribution in [0.2, 0.25) is 0 Å². The number of halogens is 1. The fraction of sp³-hybridized carbons (Fsp3) is 0.304. The molecule has 1 saturated heterocycles. The first-order valence-electron chi connectivity index (χ1n) is 10.0. The lowest BCUT2D eigenvalue weighted by Crippen LogP contribution is -2.37. The van der Waals surface area contributed by atoms with Crippen LogP contribution >= 0.6 is 0 Å². The summed E-state index contributed by atoms with van der Waals surface area (Å²) in [6, 6.07) is 14.4. The number of fused-ring (bicyclic) bond motifs is 1. The molecule has 1 N–H and O–H groups in total. The van der Waals surface area contributed by atoms with Crippen molar-refractivity contribution < 1.29 is 9.13 Å². The molecule has 6 heteroatoms. The first kappa shape index (κ1) is 19.5. The number of nitrogens with zero attached hydrogens (tertiary/aromatic N) is 3. The van der Waals surface area contributed by atoms with E-state index in [0.717, 1.165) is 68.1 Å². The van der Waals surface area contributed by atoms with E-state index in [2.05, 4.69) is 15.2 Å². The van der Waals surface area contributed by atoms with E-state index in [-0.39, 0.29) is 5.82 Å². The number of ether oxygens (including phenoxy) is 1.